The minimum atomic E-state index is -3.40. The van der Waals surface area contributed by atoms with Crippen LogP contribution < -0.4 is 41.6 Å². The lowest BCUT2D eigenvalue weighted by Gasteiger charge is -2.15. The van der Waals surface area contributed by atoms with Gasteiger partial charge in [-0.2, -0.15) is 0 Å². The molecule has 8 aromatic carbocycles. The normalized spacial score (nSPS) is 10.8. The molecule has 0 aliphatic rings. The van der Waals surface area contributed by atoms with Gasteiger partial charge >= 0.3 is 18.3 Å². The number of hydrogen-bond donors (Lipinski definition) is 5. The summed E-state index contributed by atoms with van der Waals surface area (Å²) in [6.07, 6.45) is 12.2. The minimum Gasteiger partial charge on any atom is -0.410 e. The van der Waals surface area contributed by atoms with Gasteiger partial charge in [-0.05, 0) is 194 Å². The van der Waals surface area contributed by atoms with Crippen LogP contribution in [-0.2, 0) is 19.7 Å². The summed E-state index contributed by atoms with van der Waals surface area (Å²) in [6.45, 7) is 26.3. The maximum atomic E-state index is 12.6. The highest BCUT2D eigenvalue weighted by Gasteiger charge is 2.24. The van der Waals surface area contributed by atoms with Gasteiger partial charge < -0.3 is 30.5 Å². The molecule has 0 aliphatic heterocycles. The lowest BCUT2D eigenvalue weighted by atomic mass is 10.0. The van der Waals surface area contributed by atoms with E-state index < -0.39 is 38.0 Å². The minimum absolute atomic E-state index is 0.00526. The first-order chi connectivity index (χ1) is 68.2. The summed E-state index contributed by atoms with van der Waals surface area (Å²) >= 11 is 0. The average Bonchev–Trinajstić information content (AvgIpc) is 0.787. The molecule has 7 N–H and O–H groups in total. The largest absolute Gasteiger partial charge is 0.417 e. The topological polar surface area (TPSA) is 394 Å². The fourth-order valence-electron chi connectivity index (χ4n) is 14.6. The second kappa shape index (κ2) is 45.7. The molecular weight excluding hydrogens is 1820 g/mol. The Morgan fingerprint density at radius 3 is 0.761 bits per heavy atom. The predicted octanol–water partition coefficient (Wildman–Crippen LogP) is 24.3. The third-order valence-electron chi connectivity index (χ3n) is 21.8. The van der Waals surface area contributed by atoms with Crippen molar-refractivity contribution in [3.05, 3.63) is 402 Å². The number of ether oxygens (including phenoxy) is 3. The number of nitrogen functional groups attached to an aromatic ring is 2. The van der Waals surface area contributed by atoms with Crippen LogP contribution in [0.2, 0.25) is 0 Å². The standard InChI is InChI=1S/C26H20N4O2.C26H23N3O4S.C25H22N4O2.C18H17N3O2S.C17H16N4/c1-17-9-12-21(13-10-17)32-26(31)29-22-15-18(2)24(20-11-14-23(27-3)28-16-20)30-25(22)19-7-5-4-6-8-19;1-17-9-12-21(13-10-17)33-26(30)28-22-15-18(2)24(29-25(22)19-7-5-4-6-8-19)20-11-14-23(27-16-20)34(3,31)32;1-16-9-11-21(12-10-16)31-25(30)28-22-13-17(2)23(20-14-26-18(3)27-15-20)29-24(22)19-7-5-4-6-8-19;1-12-10-15(19)18(13-6-4-3-5-7-13)21-17(12)14-8-9-16(20-11-14)24(2,22)23;1-11-8-15(18)17(13-6-4-3-5-7-13)21-16(11)14-9-19-12(2)20-10-14/h4-16H,1-2H3,(H,29,31);4-16H,1-3H3,(H,28,30);4-15H,1-3H3,(H,28,30);3-11H,19H2,1-2H3;3-10H,18H2,1-2H3. The number of sulfone groups is 2. The van der Waals surface area contributed by atoms with Crippen molar-refractivity contribution < 1.29 is 45.4 Å². The molecule has 0 saturated carbocycles. The van der Waals surface area contributed by atoms with Crippen LogP contribution in [0.5, 0.6) is 17.2 Å². The van der Waals surface area contributed by atoms with Gasteiger partial charge in [0.15, 0.2) is 29.7 Å². The van der Waals surface area contributed by atoms with Crippen molar-refractivity contribution in [3.8, 4) is 130 Å². The van der Waals surface area contributed by atoms with E-state index in [1.165, 1.54) is 24.5 Å². The second-order valence-corrected chi connectivity index (χ2v) is 36.9. The number of aryl methyl sites for hydroxylation is 10. The van der Waals surface area contributed by atoms with Gasteiger partial charge in [0.2, 0.25) is 0 Å². The molecule has 18 rings (SSSR count). The van der Waals surface area contributed by atoms with Gasteiger partial charge in [-0.3, -0.25) is 16.0 Å². The lowest BCUT2D eigenvalue weighted by Crippen LogP contribution is -2.18. The molecule has 0 fully saturated rings. The van der Waals surface area contributed by atoms with Crippen LogP contribution in [0.15, 0.2) is 345 Å². The van der Waals surface area contributed by atoms with Crippen LogP contribution in [-0.4, -0.2) is 107 Å². The zero-order valence-electron chi connectivity index (χ0n) is 79.6. The molecule has 142 heavy (non-hydrogen) atoms. The number of rotatable bonds is 18. The first-order valence-corrected chi connectivity index (χ1v) is 48.3. The van der Waals surface area contributed by atoms with Crippen molar-refractivity contribution in [2.45, 2.75) is 79.3 Å². The molecule has 0 radical (unpaired) electrons. The number of anilines is 5. The van der Waals surface area contributed by atoms with Crippen LogP contribution in [0.25, 0.3) is 117 Å². The molecule has 3 amide bonds. The fourth-order valence-corrected chi connectivity index (χ4v) is 15.7. The van der Waals surface area contributed by atoms with Crippen LogP contribution >= 0.6 is 0 Å². The molecule has 0 aliphatic carbocycles. The number of nitrogens with two attached hydrogens (primary N) is 2. The molecule has 28 nitrogen and oxygen atoms in total. The number of benzene rings is 8. The maximum Gasteiger partial charge on any atom is 0.417 e. The number of aromatic nitrogens is 12. The van der Waals surface area contributed by atoms with Gasteiger partial charge in [-0.15, -0.1) is 4.98 Å². The highest BCUT2D eigenvalue weighted by atomic mass is 32.2. The Morgan fingerprint density at radius 2 is 0.514 bits per heavy atom. The summed E-state index contributed by atoms with van der Waals surface area (Å²) in [5.74, 6) is 3.13. The molecule has 10 aromatic heterocycles. The number of carbonyl (C=O) groups excluding carboxylic acids is 3. The van der Waals surface area contributed by atoms with Crippen molar-refractivity contribution in [3.63, 3.8) is 0 Å². The molecule has 0 atom stereocenters. The van der Waals surface area contributed by atoms with Gasteiger partial charge in [-0.1, -0.05) is 217 Å². The summed E-state index contributed by atoms with van der Waals surface area (Å²) in [7, 11) is -6.73. The molecular formula is C112H98N18O10S2. The van der Waals surface area contributed by atoms with E-state index in [2.05, 4.69) is 60.7 Å². The van der Waals surface area contributed by atoms with E-state index in [0.717, 1.165) is 141 Å². The van der Waals surface area contributed by atoms with Crippen molar-refractivity contribution >= 4 is 72.2 Å². The number of amides is 3. The highest BCUT2D eigenvalue weighted by Crippen LogP contribution is 2.39. The summed E-state index contributed by atoms with van der Waals surface area (Å²) < 4.78 is 62.9. The van der Waals surface area contributed by atoms with E-state index in [9.17, 15) is 31.2 Å². The van der Waals surface area contributed by atoms with Crippen molar-refractivity contribution in [2.75, 3.05) is 39.9 Å². The third-order valence-corrected chi connectivity index (χ3v) is 23.8. The smallest absolute Gasteiger partial charge is 0.410 e. The molecule has 10 heterocycles. The quantitative estimate of drug-likeness (QED) is 0.0498. The van der Waals surface area contributed by atoms with Crippen LogP contribution in [0.4, 0.5) is 48.6 Å². The monoisotopic (exact) mass is 1920 g/mol. The van der Waals surface area contributed by atoms with E-state index in [1.54, 1.807) is 85.6 Å². The molecule has 30 heteroatoms. The highest BCUT2D eigenvalue weighted by molar-refractivity contribution is 7.90. The van der Waals surface area contributed by atoms with Crippen LogP contribution in [0.3, 0.4) is 0 Å². The van der Waals surface area contributed by atoms with Crippen LogP contribution in [0.1, 0.15) is 56.2 Å². The number of pyridine rings is 8. The molecule has 708 valence electrons. The Labute approximate surface area is 823 Å². The van der Waals surface area contributed by atoms with Gasteiger partial charge in [0.25, 0.3) is 5.82 Å². The first-order valence-electron chi connectivity index (χ1n) is 44.5. The third kappa shape index (κ3) is 26.4. The summed E-state index contributed by atoms with van der Waals surface area (Å²) in [5.41, 5.74) is 38.2. The van der Waals surface area contributed by atoms with Gasteiger partial charge in [0.05, 0.1) is 85.4 Å². The van der Waals surface area contributed by atoms with E-state index >= 15 is 0 Å². The Hall–Kier alpha value is -18.1. The summed E-state index contributed by atoms with van der Waals surface area (Å²) in [4.78, 5) is 94.4. The number of nitrogens with zero attached hydrogens (tertiary/aromatic N) is 13. The zero-order chi connectivity index (χ0) is 101. The SMILES string of the molecule is Cc1cc(N)c(-c2ccccc2)nc1-c1ccc(S(C)(=O)=O)nc1.Cc1ccc(OC(=O)Nc2cc(C)c(-c3ccc(S(C)(=O)=O)nc3)nc2-c2ccccc2)cc1.Cc1ccc(OC(=O)Nc2cc(C)c(-c3cnc(C)nc3)nc2-c2ccccc2)cc1.Cc1ncc(-c2nc(-c3ccccc3)c(N)cc2C)cn1.[C-]#[N+]c1ccc(-c2nc(-c3ccccc3)c(NC(=O)Oc3ccc(C)cc3)cc2C)cn1. The maximum absolute atomic E-state index is 12.6. The van der Waals surface area contributed by atoms with Gasteiger partial charge in [0, 0.05) is 105 Å². The van der Waals surface area contributed by atoms with Crippen LogP contribution in [0, 0.1) is 75.8 Å². The fraction of sp³-hybridized carbons (Fsp3) is 0.107. The molecule has 0 saturated heterocycles. The van der Waals surface area contributed by atoms with Crippen molar-refractivity contribution in [1.29, 1.82) is 0 Å². The molecule has 0 unspecified atom stereocenters. The van der Waals surface area contributed by atoms with Crippen molar-refractivity contribution in [2.24, 2.45) is 0 Å². The average molecular weight is 1920 g/mol. The predicted molar refractivity (Wildman–Crippen MR) is 557 cm³/mol. The van der Waals surface area contributed by atoms with E-state index in [-0.39, 0.29) is 10.1 Å². The molecule has 0 bridgehead atoms. The summed E-state index contributed by atoms with van der Waals surface area (Å²) in [5, 5.41) is 8.52. The van der Waals surface area contributed by atoms with E-state index in [1.807, 2.05) is 294 Å². The first kappa shape index (κ1) is 99.9. The van der Waals surface area contributed by atoms with Crippen molar-refractivity contribution in [1.82, 2.24) is 59.8 Å². The number of hydrogen-bond acceptors (Lipinski definition) is 24. The second-order valence-electron chi connectivity index (χ2n) is 33.0. The number of nitrogens with one attached hydrogen (secondary N) is 3. The lowest BCUT2D eigenvalue weighted by molar-refractivity contribution is 0.214. The van der Waals surface area contributed by atoms with E-state index in [0.29, 0.717) is 91.4 Å². The van der Waals surface area contributed by atoms with Gasteiger partial charge in [-0.25, -0.2) is 86.0 Å². The molecule has 0 spiro atoms. The Kier molecular flexibility index (Phi) is 32.2. The van der Waals surface area contributed by atoms with Gasteiger partial charge in [0.1, 0.15) is 35.1 Å². The Bertz CT molecular complexity index is 7830. The van der Waals surface area contributed by atoms with E-state index in [4.69, 9.17) is 52.2 Å². The zero-order valence-corrected chi connectivity index (χ0v) is 81.3. The Morgan fingerprint density at radius 1 is 0.275 bits per heavy atom. The summed E-state index contributed by atoms with van der Waals surface area (Å²) in [6, 6.07) is 89.3. The number of carbonyl (C=O) groups is 3. The Balaban J connectivity index is 0.000000142. The molecule has 18 aromatic rings.